The quantitative estimate of drug-likeness (QED) is 0.817. The maximum atomic E-state index is 13.2. The van der Waals surface area contributed by atoms with Crippen molar-refractivity contribution in [1.82, 2.24) is 0 Å². The molecule has 1 aromatic carbocycles. The lowest BCUT2D eigenvalue weighted by Gasteiger charge is -2.26. The number of anilines is 1. The number of hydrogen-bond donors (Lipinski definition) is 2. The molecular formula is C13H20ClFN2. The molecule has 0 aromatic heterocycles. The summed E-state index contributed by atoms with van der Waals surface area (Å²) in [6.45, 7) is 4.80. The molecular weight excluding hydrogens is 239 g/mol. The normalized spacial score (nSPS) is 12.8. The van der Waals surface area contributed by atoms with Crippen LogP contribution in [0.5, 0.6) is 0 Å². The standard InChI is InChI=1S/C13H20ClFN2/c1-3-9(4-2)13(8-16)17-12-6-10(14)5-11(15)7-12/h5-7,9,13,17H,3-4,8,16H2,1-2H3. The average molecular weight is 259 g/mol. The van der Waals surface area contributed by atoms with Crippen molar-refractivity contribution in [3.8, 4) is 0 Å². The molecule has 1 unspecified atom stereocenters. The zero-order valence-electron chi connectivity index (χ0n) is 10.3. The maximum absolute atomic E-state index is 13.2. The lowest BCUT2D eigenvalue weighted by Crippen LogP contribution is -2.35. The maximum Gasteiger partial charge on any atom is 0.126 e. The van der Waals surface area contributed by atoms with Crippen LogP contribution in [0.25, 0.3) is 0 Å². The van der Waals surface area contributed by atoms with E-state index in [9.17, 15) is 4.39 Å². The van der Waals surface area contributed by atoms with E-state index in [1.54, 1.807) is 6.07 Å². The van der Waals surface area contributed by atoms with Gasteiger partial charge in [0, 0.05) is 23.3 Å². The monoisotopic (exact) mass is 258 g/mol. The lowest BCUT2D eigenvalue weighted by molar-refractivity contribution is 0.422. The van der Waals surface area contributed by atoms with Crippen LogP contribution in [0.2, 0.25) is 5.02 Å². The molecule has 0 aliphatic heterocycles. The Morgan fingerprint density at radius 3 is 2.41 bits per heavy atom. The van der Waals surface area contributed by atoms with Gasteiger partial charge in [-0.15, -0.1) is 0 Å². The molecule has 1 rings (SSSR count). The first-order valence-electron chi connectivity index (χ1n) is 6.03. The van der Waals surface area contributed by atoms with Gasteiger partial charge in [0.05, 0.1) is 0 Å². The first-order chi connectivity index (χ1) is 8.10. The summed E-state index contributed by atoms with van der Waals surface area (Å²) in [5.74, 6) is 0.155. The summed E-state index contributed by atoms with van der Waals surface area (Å²) in [7, 11) is 0. The third-order valence-corrected chi connectivity index (χ3v) is 3.30. The molecule has 0 spiro atoms. The highest BCUT2D eigenvalue weighted by molar-refractivity contribution is 6.30. The van der Waals surface area contributed by atoms with Crippen LogP contribution in [0.4, 0.5) is 10.1 Å². The molecule has 0 aliphatic rings. The van der Waals surface area contributed by atoms with Crippen molar-refractivity contribution in [2.45, 2.75) is 32.7 Å². The second-order valence-corrected chi connectivity index (χ2v) is 4.66. The molecule has 0 aliphatic carbocycles. The molecule has 0 saturated heterocycles. The van der Waals surface area contributed by atoms with Gasteiger partial charge < -0.3 is 11.1 Å². The third kappa shape index (κ3) is 4.17. The van der Waals surface area contributed by atoms with Crippen molar-refractivity contribution in [2.24, 2.45) is 11.7 Å². The Morgan fingerprint density at radius 2 is 1.94 bits per heavy atom. The zero-order chi connectivity index (χ0) is 12.8. The van der Waals surface area contributed by atoms with Crippen molar-refractivity contribution in [2.75, 3.05) is 11.9 Å². The van der Waals surface area contributed by atoms with Crippen molar-refractivity contribution < 1.29 is 4.39 Å². The van der Waals surface area contributed by atoms with Gasteiger partial charge in [-0.25, -0.2) is 4.39 Å². The van der Waals surface area contributed by atoms with E-state index in [0.29, 0.717) is 23.2 Å². The first-order valence-corrected chi connectivity index (χ1v) is 6.41. The Labute approximate surface area is 107 Å². The summed E-state index contributed by atoms with van der Waals surface area (Å²) in [5, 5.41) is 3.66. The topological polar surface area (TPSA) is 38.0 Å². The summed E-state index contributed by atoms with van der Waals surface area (Å²) in [4.78, 5) is 0. The van der Waals surface area contributed by atoms with E-state index in [1.165, 1.54) is 12.1 Å². The predicted octanol–water partition coefficient (Wildman–Crippen LogP) is 3.65. The summed E-state index contributed by atoms with van der Waals surface area (Å²) < 4.78 is 13.2. The van der Waals surface area contributed by atoms with E-state index in [0.717, 1.165) is 12.8 Å². The number of nitrogens with one attached hydrogen (secondary N) is 1. The van der Waals surface area contributed by atoms with Crippen LogP contribution in [0.3, 0.4) is 0 Å². The van der Waals surface area contributed by atoms with Crippen molar-refractivity contribution in [3.05, 3.63) is 29.0 Å². The molecule has 3 N–H and O–H groups in total. The minimum absolute atomic E-state index is 0.155. The van der Waals surface area contributed by atoms with Gasteiger partial charge in [0.15, 0.2) is 0 Å². The molecule has 17 heavy (non-hydrogen) atoms. The van der Waals surface area contributed by atoms with Crippen LogP contribution in [0.1, 0.15) is 26.7 Å². The summed E-state index contributed by atoms with van der Waals surface area (Å²) in [5.41, 5.74) is 6.45. The van der Waals surface area contributed by atoms with Crippen molar-refractivity contribution in [1.29, 1.82) is 0 Å². The molecule has 0 bridgehead atoms. The minimum Gasteiger partial charge on any atom is -0.381 e. The van der Waals surface area contributed by atoms with Crippen molar-refractivity contribution >= 4 is 17.3 Å². The molecule has 96 valence electrons. The van der Waals surface area contributed by atoms with Gasteiger partial charge in [0.25, 0.3) is 0 Å². The summed E-state index contributed by atoms with van der Waals surface area (Å²) in [6.07, 6.45) is 2.10. The van der Waals surface area contributed by atoms with Crippen LogP contribution in [0.15, 0.2) is 18.2 Å². The van der Waals surface area contributed by atoms with Crippen LogP contribution < -0.4 is 11.1 Å². The first kappa shape index (κ1) is 14.3. The molecule has 0 fully saturated rings. The molecule has 0 amide bonds. The van der Waals surface area contributed by atoms with Gasteiger partial charge in [-0.2, -0.15) is 0 Å². The average Bonchev–Trinajstić information content (AvgIpc) is 2.27. The molecule has 0 radical (unpaired) electrons. The van der Waals surface area contributed by atoms with E-state index in [4.69, 9.17) is 17.3 Å². The van der Waals surface area contributed by atoms with E-state index >= 15 is 0 Å². The SMILES string of the molecule is CCC(CC)C(CN)Nc1cc(F)cc(Cl)c1. The van der Waals surface area contributed by atoms with Gasteiger partial charge in [0.1, 0.15) is 5.82 Å². The van der Waals surface area contributed by atoms with E-state index in [2.05, 4.69) is 19.2 Å². The predicted molar refractivity (Wildman–Crippen MR) is 71.9 cm³/mol. The van der Waals surface area contributed by atoms with Crippen LogP contribution in [0, 0.1) is 11.7 Å². The molecule has 4 heteroatoms. The Morgan fingerprint density at radius 1 is 1.29 bits per heavy atom. The van der Waals surface area contributed by atoms with E-state index in [-0.39, 0.29) is 11.9 Å². The highest BCUT2D eigenvalue weighted by atomic mass is 35.5. The fourth-order valence-electron chi connectivity index (χ4n) is 2.08. The number of nitrogens with two attached hydrogens (primary N) is 1. The van der Waals surface area contributed by atoms with Crippen LogP contribution in [-0.2, 0) is 0 Å². The third-order valence-electron chi connectivity index (χ3n) is 3.09. The highest BCUT2D eigenvalue weighted by Gasteiger charge is 2.16. The molecule has 0 saturated carbocycles. The summed E-state index contributed by atoms with van der Waals surface area (Å²) >= 11 is 5.81. The number of hydrogen-bond acceptors (Lipinski definition) is 2. The Kier molecular flexibility index (Phi) is 5.72. The van der Waals surface area contributed by atoms with Gasteiger partial charge in [-0.05, 0) is 24.1 Å². The Balaban J connectivity index is 2.79. The number of rotatable bonds is 6. The summed E-state index contributed by atoms with van der Waals surface area (Å²) in [6, 6.07) is 4.61. The van der Waals surface area contributed by atoms with Crippen LogP contribution in [-0.4, -0.2) is 12.6 Å². The van der Waals surface area contributed by atoms with Gasteiger partial charge in [-0.1, -0.05) is 38.3 Å². The molecule has 1 aromatic rings. The van der Waals surface area contributed by atoms with Crippen LogP contribution >= 0.6 is 11.6 Å². The Hall–Kier alpha value is -0.800. The zero-order valence-corrected chi connectivity index (χ0v) is 11.1. The highest BCUT2D eigenvalue weighted by Crippen LogP contribution is 2.22. The second-order valence-electron chi connectivity index (χ2n) is 4.22. The molecule has 1 atom stereocenters. The van der Waals surface area contributed by atoms with Gasteiger partial charge in [-0.3, -0.25) is 0 Å². The molecule has 0 heterocycles. The van der Waals surface area contributed by atoms with Gasteiger partial charge >= 0.3 is 0 Å². The fraction of sp³-hybridized carbons (Fsp3) is 0.538. The van der Waals surface area contributed by atoms with Gasteiger partial charge in [0.2, 0.25) is 0 Å². The van der Waals surface area contributed by atoms with E-state index < -0.39 is 0 Å². The Bertz CT molecular complexity index is 333. The number of halogens is 2. The minimum atomic E-state index is -0.333. The lowest BCUT2D eigenvalue weighted by atomic mass is 9.94. The fourth-order valence-corrected chi connectivity index (χ4v) is 2.30. The number of benzene rings is 1. The second kappa shape index (κ2) is 6.82. The largest absolute Gasteiger partial charge is 0.381 e. The molecule has 2 nitrogen and oxygen atoms in total. The van der Waals surface area contributed by atoms with E-state index in [1.807, 2.05) is 0 Å². The van der Waals surface area contributed by atoms with Crippen molar-refractivity contribution in [3.63, 3.8) is 0 Å². The smallest absolute Gasteiger partial charge is 0.126 e.